The Bertz CT molecular complexity index is 290. The zero-order valence-corrected chi connectivity index (χ0v) is 10.7. The summed E-state index contributed by atoms with van der Waals surface area (Å²) in [6.45, 7) is 4.54. The summed E-state index contributed by atoms with van der Waals surface area (Å²) in [5, 5.41) is 0. The fourth-order valence-corrected chi connectivity index (χ4v) is 1.81. The number of hydrogen-bond acceptors (Lipinski definition) is 4. The monoisotopic (exact) mass is 254 g/mol. The molecule has 3 N–H and O–H groups in total. The summed E-state index contributed by atoms with van der Waals surface area (Å²) in [6, 6.07) is 0. The zero-order valence-electron chi connectivity index (χ0n) is 9.02. The molecule has 0 aromatic carbocycles. The Kier molecular flexibility index (Phi) is 6.99. The molecule has 0 aliphatic heterocycles. The minimum Gasteiger partial charge on any atom is -0.393 e. The molecule has 0 spiro atoms. The van der Waals surface area contributed by atoms with Crippen molar-refractivity contribution < 1.29 is 13.2 Å². The van der Waals surface area contributed by atoms with Crippen molar-refractivity contribution >= 4 is 27.2 Å². The molecule has 0 aromatic rings. The van der Waals surface area contributed by atoms with E-state index in [0.717, 1.165) is 0 Å². The lowest BCUT2D eigenvalue weighted by Crippen LogP contribution is -2.35. The predicted octanol–water partition coefficient (Wildman–Crippen LogP) is -0.135. The molecule has 15 heavy (non-hydrogen) atoms. The van der Waals surface area contributed by atoms with Crippen LogP contribution in [0.1, 0.15) is 13.8 Å². The van der Waals surface area contributed by atoms with E-state index in [1.165, 1.54) is 0 Å². The Hall–Kier alpha value is -0.240. The average Bonchev–Trinajstić information content (AvgIpc) is 2.14. The number of thiocarbonyl (C=S) groups is 1. The van der Waals surface area contributed by atoms with Gasteiger partial charge in [-0.1, -0.05) is 19.1 Å². The average molecular weight is 254 g/mol. The van der Waals surface area contributed by atoms with Gasteiger partial charge in [0.25, 0.3) is 0 Å². The highest BCUT2D eigenvalue weighted by molar-refractivity contribution is 7.89. The van der Waals surface area contributed by atoms with Gasteiger partial charge in [0, 0.05) is 19.1 Å². The first kappa shape index (κ1) is 14.8. The molecule has 0 saturated heterocycles. The largest absolute Gasteiger partial charge is 0.393 e. The smallest absolute Gasteiger partial charge is 0.213 e. The van der Waals surface area contributed by atoms with Gasteiger partial charge in [-0.15, -0.1) is 0 Å². The highest BCUT2D eigenvalue weighted by atomic mass is 32.2. The summed E-state index contributed by atoms with van der Waals surface area (Å²) >= 11 is 4.73. The van der Waals surface area contributed by atoms with Crippen molar-refractivity contribution in [2.75, 3.05) is 25.5 Å². The summed E-state index contributed by atoms with van der Waals surface area (Å²) in [5.74, 6) is -0.174. The van der Waals surface area contributed by atoms with Crippen molar-refractivity contribution in [2.24, 2.45) is 11.7 Å². The number of hydrogen-bond donors (Lipinski definition) is 2. The second-order valence-corrected chi connectivity index (χ2v) is 5.57. The maximum Gasteiger partial charge on any atom is 0.213 e. The van der Waals surface area contributed by atoms with E-state index in [1.807, 2.05) is 6.92 Å². The molecule has 0 rings (SSSR count). The normalized spacial score (nSPS) is 13.7. The Morgan fingerprint density at radius 3 is 2.67 bits per heavy atom. The Labute approximate surface area is 96.4 Å². The van der Waals surface area contributed by atoms with Crippen LogP contribution in [0.3, 0.4) is 0 Å². The second kappa shape index (κ2) is 7.10. The summed E-state index contributed by atoms with van der Waals surface area (Å²) in [5.41, 5.74) is 5.36. The number of rotatable bonds is 8. The zero-order chi connectivity index (χ0) is 11.9. The molecule has 0 aliphatic rings. The van der Waals surface area contributed by atoms with Gasteiger partial charge in [-0.2, -0.15) is 0 Å². The van der Waals surface area contributed by atoms with E-state index in [2.05, 4.69) is 4.72 Å². The molecule has 0 amide bonds. The first-order chi connectivity index (χ1) is 6.89. The fourth-order valence-electron chi connectivity index (χ4n) is 0.738. The van der Waals surface area contributed by atoms with Gasteiger partial charge in [-0.05, 0) is 6.92 Å². The van der Waals surface area contributed by atoms with Gasteiger partial charge in [-0.25, -0.2) is 13.1 Å². The maximum atomic E-state index is 11.4. The van der Waals surface area contributed by atoms with E-state index in [-0.39, 0.29) is 24.8 Å². The Balaban J connectivity index is 3.89. The summed E-state index contributed by atoms with van der Waals surface area (Å²) < 4.78 is 30.1. The van der Waals surface area contributed by atoms with Gasteiger partial charge in [0.1, 0.15) is 0 Å². The molecule has 7 heteroatoms. The number of nitrogens with two attached hydrogens (primary N) is 1. The van der Waals surface area contributed by atoms with Crippen molar-refractivity contribution in [3.8, 4) is 0 Å². The molecule has 5 nitrogen and oxygen atoms in total. The van der Waals surface area contributed by atoms with Crippen LogP contribution >= 0.6 is 12.2 Å². The van der Waals surface area contributed by atoms with Gasteiger partial charge in [0.15, 0.2) is 0 Å². The highest BCUT2D eigenvalue weighted by Crippen LogP contribution is 1.94. The SMILES string of the molecule is CCOCCS(=O)(=O)NCC(C)C(N)=S. The molecule has 0 saturated carbocycles. The molecule has 0 radical (unpaired) electrons. The van der Waals surface area contributed by atoms with Gasteiger partial charge in [-0.3, -0.25) is 0 Å². The van der Waals surface area contributed by atoms with E-state index in [9.17, 15) is 8.42 Å². The van der Waals surface area contributed by atoms with Gasteiger partial charge >= 0.3 is 0 Å². The Morgan fingerprint density at radius 1 is 1.60 bits per heavy atom. The molecule has 0 aromatic heterocycles. The van der Waals surface area contributed by atoms with Crippen molar-refractivity contribution in [3.63, 3.8) is 0 Å². The third-order valence-corrected chi connectivity index (χ3v) is 3.51. The van der Waals surface area contributed by atoms with Crippen LogP contribution in [0.25, 0.3) is 0 Å². The van der Waals surface area contributed by atoms with Crippen LogP contribution in [0.15, 0.2) is 0 Å². The minimum absolute atomic E-state index is 0.0368. The number of ether oxygens (including phenoxy) is 1. The lowest BCUT2D eigenvalue weighted by Gasteiger charge is -2.11. The molecule has 0 heterocycles. The molecule has 1 atom stereocenters. The second-order valence-electron chi connectivity index (χ2n) is 3.17. The fraction of sp³-hybridized carbons (Fsp3) is 0.875. The highest BCUT2D eigenvalue weighted by Gasteiger charge is 2.12. The van der Waals surface area contributed by atoms with E-state index >= 15 is 0 Å². The van der Waals surface area contributed by atoms with E-state index in [4.69, 9.17) is 22.7 Å². The van der Waals surface area contributed by atoms with Crippen LogP contribution in [0, 0.1) is 5.92 Å². The molecular formula is C8H18N2O3S2. The first-order valence-corrected chi connectivity index (χ1v) is 6.79. The van der Waals surface area contributed by atoms with Crippen molar-refractivity contribution in [3.05, 3.63) is 0 Å². The van der Waals surface area contributed by atoms with Crippen LogP contribution in [0.5, 0.6) is 0 Å². The van der Waals surface area contributed by atoms with Gasteiger partial charge in [0.05, 0.1) is 17.3 Å². The molecule has 0 aliphatic carbocycles. The first-order valence-electron chi connectivity index (χ1n) is 4.73. The molecular weight excluding hydrogens is 236 g/mol. The van der Waals surface area contributed by atoms with Crippen LogP contribution in [-0.4, -0.2) is 38.9 Å². The standard InChI is InChI=1S/C8H18N2O3S2/c1-3-13-4-5-15(11,12)10-6-7(2)8(9)14/h7,10H,3-6H2,1-2H3,(H2,9,14). The van der Waals surface area contributed by atoms with Crippen molar-refractivity contribution in [1.29, 1.82) is 0 Å². The van der Waals surface area contributed by atoms with E-state index in [1.54, 1.807) is 6.92 Å². The van der Waals surface area contributed by atoms with Crippen LogP contribution in [0.4, 0.5) is 0 Å². The predicted molar refractivity (Wildman–Crippen MR) is 64.2 cm³/mol. The quantitative estimate of drug-likeness (QED) is 0.465. The van der Waals surface area contributed by atoms with Crippen LogP contribution in [0.2, 0.25) is 0 Å². The molecule has 0 fully saturated rings. The summed E-state index contributed by atoms with van der Waals surface area (Å²) in [7, 11) is -3.27. The summed E-state index contributed by atoms with van der Waals surface area (Å²) in [6.07, 6.45) is 0. The third-order valence-electron chi connectivity index (χ3n) is 1.80. The minimum atomic E-state index is -3.27. The number of nitrogens with one attached hydrogen (secondary N) is 1. The lowest BCUT2D eigenvalue weighted by atomic mass is 10.2. The maximum absolute atomic E-state index is 11.4. The summed E-state index contributed by atoms with van der Waals surface area (Å²) in [4.78, 5) is 0.308. The van der Waals surface area contributed by atoms with Gasteiger partial charge in [0.2, 0.25) is 10.0 Å². The molecule has 0 bridgehead atoms. The Morgan fingerprint density at radius 2 is 2.20 bits per heavy atom. The van der Waals surface area contributed by atoms with E-state index < -0.39 is 10.0 Å². The molecule has 1 unspecified atom stereocenters. The third kappa shape index (κ3) is 7.66. The van der Waals surface area contributed by atoms with Crippen LogP contribution < -0.4 is 10.5 Å². The van der Waals surface area contributed by atoms with Crippen molar-refractivity contribution in [1.82, 2.24) is 4.72 Å². The topological polar surface area (TPSA) is 81.4 Å². The van der Waals surface area contributed by atoms with Crippen LogP contribution in [-0.2, 0) is 14.8 Å². The lowest BCUT2D eigenvalue weighted by molar-refractivity contribution is 0.163. The van der Waals surface area contributed by atoms with Crippen molar-refractivity contribution in [2.45, 2.75) is 13.8 Å². The molecule has 90 valence electrons. The van der Waals surface area contributed by atoms with E-state index in [0.29, 0.717) is 11.6 Å². The van der Waals surface area contributed by atoms with Gasteiger partial charge < -0.3 is 10.5 Å². The number of sulfonamides is 1.